The number of fused-ring (bicyclic) bond motifs is 1. The lowest BCUT2D eigenvalue weighted by molar-refractivity contribution is 0.775. The average molecular weight is 368 g/mol. The molecule has 0 atom stereocenters. The molecule has 0 bridgehead atoms. The van der Waals surface area contributed by atoms with E-state index in [9.17, 15) is 0 Å². The Hall–Kier alpha value is -2.93. The lowest BCUT2D eigenvalue weighted by atomic mass is 10.2. The molecule has 26 heavy (non-hydrogen) atoms. The van der Waals surface area contributed by atoms with E-state index in [2.05, 4.69) is 25.4 Å². The molecule has 8 heteroatoms. The van der Waals surface area contributed by atoms with Gasteiger partial charge in [-0.05, 0) is 50.6 Å². The van der Waals surface area contributed by atoms with Crippen molar-refractivity contribution in [2.75, 3.05) is 5.32 Å². The number of rotatable bonds is 3. The Morgan fingerprint density at radius 3 is 2.42 bits per heavy atom. The van der Waals surface area contributed by atoms with Crippen LogP contribution in [-0.2, 0) is 7.05 Å². The molecule has 0 aliphatic carbocycles. The molecule has 0 spiro atoms. The van der Waals surface area contributed by atoms with E-state index >= 15 is 0 Å². The van der Waals surface area contributed by atoms with Crippen LogP contribution in [0.4, 0.5) is 11.5 Å². The molecular weight excluding hydrogens is 350 g/mol. The molecule has 0 saturated carbocycles. The smallest absolute Gasteiger partial charge is 0.254 e. The van der Waals surface area contributed by atoms with Crippen LogP contribution < -0.4 is 5.32 Å². The van der Waals surface area contributed by atoms with E-state index in [1.54, 1.807) is 11.0 Å². The molecule has 3 heterocycles. The quantitative estimate of drug-likeness (QED) is 0.595. The average Bonchev–Trinajstić information content (AvgIpc) is 3.12. The highest BCUT2D eigenvalue weighted by Crippen LogP contribution is 2.25. The fourth-order valence-electron chi connectivity index (χ4n) is 2.76. The molecule has 0 aliphatic rings. The van der Waals surface area contributed by atoms with E-state index in [4.69, 9.17) is 11.6 Å². The van der Waals surface area contributed by atoms with Gasteiger partial charge in [-0.1, -0.05) is 11.6 Å². The van der Waals surface area contributed by atoms with E-state index < -0.39 is 0 Å². The van der Waals surface area contributed by atoms with Crippen molar-refractivity contribution in [3.05, 3.63) is 52.6 Å². The summed E-state index contributed by atoms with van der Waals surface area (Å²) in [7, 11) is 1.91. The Morgan fingerprint density at radius 1 is 1.04 bits per heavy atom. The predicted octanol–water partition coefficient (Wildman–Crippen LogP) is 3.87. The molecule has 0 amide bonds. The Kier molecular flexibility index (Phi) is 3.88. The number of nitrogens with zero attached hydrogens (tertiary/aromatic N) is 6. The number of benzene rings is 1. The highest BCUT2D eigenvalue weighted by atomic mass is 35.5. The van der Waals surface area contributed by atoms with Crippen LogP contribution in [-0.4, -0.2) is 29.3 Å². The number of nitrogens with one attached hydrogen (secondary N) is 1. The zero-order chi connectivity index (χ0) is 18.4. The Morgan fingerprint density at radius 2 is 1.77 bits per heavy atom. The van der Waals surface area contributed by atoms with Crippen LogP contribution in [0.2, 0.25) is 5.02 Å². The summed E-state index contributed by atoms with van der Waals surface area (Å²) in [5, 5.41) is 8.57. The second kappa shape index (κ2) is 6.10. The molecule has 0 aliphatic heterocycles. The molecule has 1 N–H and O–H groups in total. The van der Waals surface area contributed by atoms with E-state index in [1.807, 2.05) is 56.7 Å². The fraction of sp³-hybridized carbons (Fsp3) is 0.222. The summed E-state index contributed by atoms with van der Waals surface area (Å²) in [5.41, 5.74) is 5.41. The summed E-state index contributed by atoms with van der Waals surface area (Å²) >= 11 is 5.97. The standard InChI is InChI=1S/C18H18ClN7/c1-10-11(2)24-26(12(10)3)18-22-16(15-17(23-18)25(4)9-20-15)21-14-7-5-13(19)6-8-14/h5-9H,1-4H3,(H,21,22,23). The maximum Gasteiger partial charge on any atom is 0.254 e. The maximum atomic E-state index is 5.97. The molecule has 132 valence electrons. The van der Waals surface area contributed by atoms with E-state index in [1.165, 1.54) is 0 Å². The summed E-state index contributed by atoms with van der Waals surface area (Å²) < 4.78 is 3.64. The van der Waals surface area contributed by atoms with Gasteiger partial charge in [0.1, 0.15) is 0 Å². The zero-order valence-electron chi connectivity index (χ0n) is 14.9. The number of anilines is 2. The van der Waals surface area contributed by atoms with Gasteiger partial charge in [0.05, 0.1) is 12.0 Å². The normalized spacial score (nSPS) is 11.3. The molecule has 0 unspecified atom stereocenters. The lowest BCUT2D eigenvalue weighted by Gasteiger charge is -2.10. The van der Waals surface area contributed by atoms with Crippen LogP contribution in [0.25, 0.3) is 17.1 Å². The Labute approximate surface area is 155 Å². The summed E-state index contributed by atoms with van der Waals surface area (Å²) in [6.45, 7) is 6.04. The third-order valence-corrected chi connectivity index (χ3v) is 4.75. The second-order valence-electron chi connectivity index (χ2n) is 6.24. The summed E-state index contributed by atoms with van der Waals surface area (Å²) in [5.74, 6) is 1.13. The van der Waals surface area contributed by atoms with Crippen molar-refractivity contribution < 1.29 is 0 Å². The largest absolute Gasteiger partial charge is 0.338 e. The maximum absolute atomic E-state index is 5.97. The van der Waals surface area contributed by atoms with Crippen molar-refractivity contribution >= 4 is 34.3 Å². The van der Waals surface area contributed by atoms with Crippen LogP contribution in [0, 0.1) is 20.8 Å². The van der Waals surface area contributed by atoms with Crippen LogP contribution >= 0.6 is 11.6 Å². The minimum absolute atomic E-state index is 0.506. The molecule has 0 saturated heterocycles. The number of aromatic nitrogens is 6. The molecule has 0 fully saturated rings. The summed E-state index contributed by atoms with van der Waals surface area (Å²) in [6.07, 6.45) is 1.72. The molecule has 3 aromatic heterocycles. The third kappa shape index (κ3) is 2.70. The van der Waals surface area contributed by atoms with Gasteiger partial charge in [0, 0.05) is 23.5 Å². The molecule has 7 nitrogen and oxygen atoms in total. The van der Waals surface area contributed by atoms with Gasteiger partial charge in [-0.3, -0.25) is 0 Å². The number of halogens is 1. The van der Waals surface area contributed by atoms with Crippen LogP contribution in [0.15, 0.2) is 30.6 Å². The first kappa shape index (κ1) is 16.5. The van der Waals surface area contributed by atoms with Gasteiger partial charge in [-0.2, -0.15) is 15.1 Å². The number of aryl methyl sites for hydroxylation is 2. The van der Waals surface area contributed by atoms with Crippen LogP contribution in [0.3, 0.4) is 0 Å². The molecular formula is C18H18ClN7. The van der Waals surface area contributed by atoms with Crippen molar-refractivity contribution in [3.63, 3.8) is 0 Å². The van der Waals surface area contributed by atoms with Gasteiger partial charge in [0.15, 0.2) is 17.0 Å². The minimum Gasteiger partial charge on any atom is -0.338 e. The Balaban J connectivity index is 1.88. The molecule has 4 aromatic rings. The summed E-state index contributed by atoms with van der Waals surface area (Å²) in [6, 6.07) is 7.44. The van der Waals surface area contributed by atoms with Crippen molar-refractivity contribution in [2.45, 2.75) is 20.8 Å². The second-order valence-corrected chi connectivity index (χ2v) is 6.68. The van der Waals surface area contributed by atoms with Crippen LogP contribution in [0.1, 0.15) is 17.0 Å². The first-order valence-electron chi connectivity index (χ1n) is 8.19. The van der Waals surface area contributed by atoms with Crippen molar-refractivity contribution in [1.82, 2.24) is 29.3 Å². The molecule has 4 rings (SSSR count). The first-order valence-corrected chi connectivity index (χ1v) is 8.56. The lowest BCUT2D eigenvalue weighted by Crippen LogP contribution is -2.08. The third-order valence-electron chi connectivity index (χ3n) is 4.50. The SMILES string of the molecule is Cc1nn(-c2nc(Nc3ccc(Cl)cc3)c3ncn(C)c3n2)c(C)c1C. The number of hydrogen-bond donors (Lipinski definition) is 1. The number of imidazole rings is 1. The molecule has 0 radical (unpaired) electrons. The topological polar surface area (TPSA) is 73.5 Å². The van der Waals surface area contributed by atoms with Crippen LogP contribution in [0.5, 0.6) is 0 Å². The highest BCUT2D eigenvalue weighted by molar-refractivity contribution is 6.30. The van der Waals surface area contributed by atoms with Gasteiger partial charge in [0.2, 0.25) is 0 Å². The predicted molar refractivity (Wildman–Crippen MR) is 102 cm³/mol. The van der Waals surface area contributed by atoms with E-state index in [0.29, 0.717) is 22.3 Å². The van der Waals surface area contributed by atoms with Gasteiger partial charge in [-0.15, -0.1) is 0 Å². The minimum atomic E-state index is 0.506. The van der Waals surface area contributed by atoms with Gasteiger partial charge in [0.25, 0.3) is 5.95 Å². The Bertz CT molecular complexity index is 1110. The monoisotopic (exact) mass is 367 g/mol. The summed E-state index contributed by atoms with van der Waals surface area (Å²) in [4.78, 5) is 13.8. The van der Waals surface area contributed by atoms with Crippen molar-refractivity contribution in [2.24, 2.45) is 7.05 Å². The van der Waals surface area contributed by atoms with Crippen molar-refractivity contribution in [3.8, 4) is 5.95 Å². The molecule has 1 aromatic carbocycles. The fourth-order valence-corrected chi connectivity index (χ4v) is 2.89. The van der Waals surface area contributed by atoms with E-state index in [-0.39, 0.29) is 0 Å². The van der Waals surface area contributed by atoms with Gasteiger partial charge < -0.3 is 9.88 Å². The highest BCUT2D eigenvalue weighted by Gasteiger charge is 2.17. The van der Waals surface area contributed by atoms with Gasteiger partial charge >= 0.3 is 0 Å². The zero-order valence-corrected chi connectivity index (χ0v) is 15.7. The number of hydrogen-bond acceptors (Lipinski definition) is 5. The van der Waals surface area contributed by atoms with E-state index in [0.717, 1.165) is 28.3 Å². The van der Waals surface area contributed by atoms with Gasteiger partial charge in [-0.25, -0.2) is 9.67 Å². The van der Waals surface area contributed by atoms with Crippen molar-refractivity contribution in [1.29, 1.82) is 0 Å². The first-order chi connectivity index (χ1) is 12.4.